The minimum Gasteiger partial charge on any atom is -0.340 e. The second kappa shape index (κ2) is 3.92. The summed E-state index contributed by atoms with van der Waals surface area (Å²) in [6.07, 6.45) is 10.9. The number of terminal acetylenes is 1. The third kappa shape index (κ3) is 1.72. The van der Waals surface area contributed by atoms with Crippen molar-refractivity contribution in [2.24, 2.45) is 11.8 Å². The zero-order valence-electron chi connectivity index (χ0n) is 9.67. The number of hydrogen-bond acceptors (Lipinski definition) is 2. The molecule has 1 atom stereocenters. The minimum absolute atomic E-state index is 0.107. The molecule has 1 saturated heterocycles. The van der Waals surface area contributed by atoms with Gasteiger partial charge in [-0.2, -0.15) is 0 Å². The number of hydrogen-bond donors (Lipinski definition) is 0. The van der Waals surface area contributed by atoms with Crippen LogP contribution in [-0.2, 0) is 17.8 Å². The number of carbonyl (C=O) groups excluding carboxylic acids is 1. The average Bonchev–Trinajstić information content (AvgIpc) is 2.74. The molecule has 0 saturated carbocycles. The average molecular weight is 229 g/mol. The molecular weight excluding hydrogens is 214 g/mol. The first kappa shape index (κ1) is 10.4. The summed E-state index contributed by atoms with van der Waals surface area (Å²) in [5.74, 6) is 3.33. The van der Waals surface area contributed by atoms with Gasteiger partial charge in [0.2, 0.25) is 5.91 Å². The molecule has 3 rings (SSSR count). The van der Waals surface area contributed by atoms with Crippen molar-refractivity contribution in [2.75, 3.05) is 13.1 Å². The molecule has 88 valence electrons. The molecule has 0 radical (unpaired) electrons. The second-order valence-corrected chi connectivity index (χ2v) is 4.88. The molecule has 0 spiro atoms. The number of amides is 1. The SMILES string of the molecule is C#CC1CN(C(=O)C2CCc3cncn3C2)C1. The number of nitrogens with zero attached hydrogens (tertiary/aromatic N) is 3. The first-order valence-corrected chi connectivity index (χ1v) is 6.02. The van der Waals surface area contributed by atoms with Gasteiger partial charge >= 0.3 is 0 Å². The van der Waals surface area contributed by atoms with E-state index in [9.17, 15) is 4.79 Å². The van der Waals surface area contributed by atoms with Gasteiger partial charge in [-0.1, -0.05) is 5.92 Å². The Balaban J connectivity index is 1.64. The number of carbonyl (C=O) groups is 1. The second-order valence-electron chi connectivity index (χ2n) is 4.88. The first-order chi connectivity index (χ1) is 8.28. The lowest BCUT2D eigenvalue weighted by molar-refractivity contribution is -0.141. The summed E-state index contributed by atoms with van der Waals surface area (Å²) in [5.41, 5.74) is 1.24. The molecular formula is C13H15N3O. The van der Waals surface area contributed by atoms with Crippen molar-refractivity contribution < 1.29 is 4.79 Å². The fraction of sp³-hybridized carbons (Fsp3) is 0.538. The number of fused-ring (bicyclic) bond motifs is 1. The molecule has 4 heteroatoms. The first-order valence-electron chi connectivity index (χ1n) is 6.02. The van der Waals surface area contributed by atoms with E-state index in [1.807, 2.05) is 17.4 Å². The van der Waals surface area contributed by atoms with E-state index in [1.54, 1.807) is 0 Å². The summed E-state index contributed by atoms with van der Waals surface area (Å²) in [5, 5.41) is 0. The molecule has 0 aromatic carbocycles. The van der Waals surface area contributed by atoms with Gasteiger partial charge in [0.25, 0.3) is 0 Å². The van der Waals surface area contributed by atoms with Crippen LogP contribution in [0.1, 0.15) is 12.1 Å². The molecule has 2 aliphatic rings. The van der Waals surface area contributed by atoms with E-state index < -0.39 is 0 Å². The molecule has 1 aromatic rings. The van der Waals surface area contributed by atoms with Gasteiger partial charge in [-0.3, -0.25) is 4.79 Å². The van der Waals surface area contributed by atoms with Crippen LogP contribution in [0.25, 0.3) is 0 Å². The van der Waals surface area contributed by atoms with Gasteiger partial charge in [0.15, 0.2) is 0 Å². The molecule has 0 bridgehead atoms. The number of imidazole rings is 1. The van der Waals surface area contributed by atoms with E-state index in [-0.39, 0.29) is 17.7 Å². The Morgan fingerprint density at radius 1 is 1.47 bits per heavy atom. The maximum Gasteiger partial charge on any atom is 0.227 e. The molecule has 1 aromatic heterocycles. The topological polar surface area (TPSA) is 38.1 Å². The maximum atomic E-state index is 12.2. The van der Waals surface area contributed by atoms with Crippen molar-refractivity contribution in [2.45, 2.75) is 19.4 Å². The molecule has 1 unspecified atom stereocenters. The standard InChI is InChI=1S/C13H15N3O/c1-2-10-6-15(7-10)13(17)11-3-4-12-5-14-9-16(12)8-11/h1,5,9-11H,3-4,6-8H2. The summed E-state index contributed by atoms with van der Waals surface area (Å²) in [6.45, 7) is 2.25. The largest absolute Gasteiger partial charge is 0.340 e. The zero-order valence-corrected chi connectivity index (χ0v) is 9.67. The fourth-order valence-corrected chi connectivity index (χ4v) is 2.60. The monoisotopic (exact) mass is 229 g/mol. The number of aromatic nitrogens is 2. The van der Waals surface area contributed by atoms with Crippen LogP contribution in [0, 0.1) is 24.2 Å². The van der Waals surface area contributed by atoms with Crippen LogP contribution in [0.15, 0.2) is 12.5 Å². The zero-order chi connectivity index (χ0) is 11.8. The summed E-state index contributed by atoms with van der Waals surface area (Å²) < 4.78 is 2.09. The number of aryl methyl sites for hydroxylation is 1. The Morgan fingerprint density at radius 3 is 3.06 bits per heavy atom. The highest BCUT2D eigenvalue weighted by Gasteiger charge is 2.34. The van der Waals surface area contributed by atoms with Gasteiger partial charge in [0.05, 0.1) is 18.2 Å². The van der Waals surface area contributed by atoms with Crippen molar-refractivity contribution >= 4 is 5.91 Å². The van der Waals surface area contributed by atoms with Gasteiger partial charge in [0, 0.05) is 31.5 Å². The van der Waals surface area contributed by atoms with Crippen LogP contribution < -0.4 is 0 Å². The predicted octanol–water partition coefficient (Wildman–Crippen LogP) is 0.537. The predicted molar refractivity (Wildman–Crippen MR) is 62.9 cm³/mol. The molecule has 0 aliphatic carbocycles. The molecule has 2 aliphatic heterocycles. The lowest BCUT2D eigenvalue weighted by Crippen LogP contribution is -2.52. The van der Waals surface area contributed by atoms with Crippen molar-refractivity contribution in [1.82, 2.24) is 14.5 Å². The van der Waals surface area contributed by atoms with Crippen LogP contribution in [-0.4, -0.2) is 33.4 Å². The van der Waals surface area contributed by atoms with E-state index in [4.69, 9.17) is 6.42 Å². The summed E-state index contributed by atoms with van der Waals surface area (Å²) >= 11 is 0. The van der Waals surface area contributed by atoms with Crippen LogP contribution in [0.5, 0.6) is 0 Å². The molecule has 1 amide bonds. The quantitative estimate of drug-likeness (QED) is 0.659. The lowest BCUT2D eigenvalue weighted by atomic mass is 9.93. The highest BCUT2D eigenvalue weighted by atomic mass is 16.2. The van der Waals surface area contributed by atoms with Crippen LogP contribution >= 0.6 is 0 Å². The van der Waals surface area contributed by atoms with Gasteiger partial charge in [-0.25, -0.2) is 4.98 Å². The van der Waals surface area contributed by atoms with Crippen molar-refractivity contribution in [3.8, 4) is 12.3 Å². The van der Waals surface area contributed by atoms with E-state index in [0.29, 0.717) is 0 Å². The van der Waals surface area contributed by atoms with Crippen LogP contribution in [0.3, 0.4) is 0 Å². The van der Waals surface area contributed by atoms with Crippen LogP contribution in [0.4, 0.5) is 0 Å². The normalized spacial score (nSPS) is 23.7. The fourth-order valence-electron chi connectivity index (χ4n) is 2.60. The van der Waals surface area contributed by atoms with Gasteiger partial charge in [-0.15, -0.1) is 6.42 Å². The summed E-state index contributed by atoms with van der Waals surface area (Å²) in [6, 6.07) is 0. The highest BCUT2D eigenvalue weighted by Crippen LogP contribution is 2.24. The number of rotatable bonds is 1. The molecule has 17 heavy (non-hydrogen) atoms. The highest BCUT2D eigenvalue weighted by molar-refractivity contribution is 5.79. The molecule has 1 fully saturated rings. The maximum absolute atomic E-state index is 12.2. The van der Waals surface area contributed by atoms with Crippen molar-refractivity contribution in [1.29, 1.82) is 0 Å². The van der Waals surface area contributed by atoms with Crippen molar-refractivity contribution in [3.63, 3.8) is 0 Å². The Labute approximate surface area is 101 Å². The molecule has 3 heterocycles. The molecule has 0 N–H and O–H groups in total. The van der Waals surface area contributed by atoms with E-state index in [0.717, 1.165) is 32.5 Å². The summed E-state index contributed by atoms with van der Waals surface area (Å²) in [4.78, 5) is 18.2. The van der Waals surface area contributed by atoms with Gasteiger partial charge in [0.1, 0.15) is 0 Å². The smallest absolute Gasteiger partial charge is 0.227 e. The Bertz CT molecular complexity index is 479. The Hall–Kier alpha value is -1.76. The van der Waals surface area contributed by atoms with E-state index in [1.165, 1.54) is 5.69 Å². The third-order valence-corrected chi connectivity index (χ3v) is 3.74. The van der Waals surface area contributed by atoms with E-state index >= 15 is 0 Å². The van der Waals surface area contributed by atoms with Crippen molar-refractivity contribution in [3.05, 3.63) is 18.2 Å². The summed E-state index contributed by atoms with van der Waals surface area (Å²) in [7, 11) is 0. The number of likely N-dealkylation sites (tertiary alicyclic amines) is 1. The lowest BCUT2D eigenvalue weighted by Gasteiger charge is -2.39. The third-order valence-electron chi connectivity index (χ3n) is 3.74. The Morgan fingerprint density at radius 2 is 2.29 bits per heavy atom. The van der Waals surface area contributed by atoms with Gasteiger partial charge in [-0.05, 0) is 12.8 Å². The Kier molecular flexibility index (Phi) is 2.40. The van der Waals surface area contributed by atoms with Crippen LogP contribution in [0.2, 0.25) is 0 Å². The molecule has 4 nitrogen and oxygen atoms in total. The van der Waals surface area contributed by atoms with E-state index in [2.05, 4.69) is 15.5 Å². The van der Waals surface area contributed by atoms with Gasteiger partial charge < -0.3 is 9.47 Å². The minimum atomic E-state index is 0.107.